The highest BCUT2D eigenvalue weighted by Gasteiger charge is 2.02. The van der Waals surface area contributed by atoms with Gasteiger partial charge in [0.1, 0.15) is 0 Å². The van der Waals surface area contributed by atoms with Crippen molar-refractivity contribution >= 4 is 29.4 Å². The highest BCUT2D eigenvalue weighted by molar-refractivity contribution is 7.98. The van der Waals surface area contributed by atoms with Crippen LogP contribution in [-0.4, -0.2) is 23.1 Å². The fourth-order valence-electron chi connectivity index (χ4n) is 2.06. The molecular formula is C19H20N2O3S. The summed E-state index contributed by atoms with van der Waals surface area (Å²) in [7, 11) is 0. The third kappa shape index (κ3) is 6.81. The van der Waals surface area contributed by atoms with E-state index in [1.54, 1.807) is 30.0 Å². The largest absolute Gasteiger partial charge is 0.352 e. The molecule has 5 nitrogen and oxygen atoms in total. The van der Waals surface area contributed by atoms with Gasteiger partial charge in [0.25, 0.3) is 5.69 Å². The molecule has 1 N–H and O–H groups in total. The summed E-state index contributed by atoms with van der Waals surface area (Å²) in [4.78, 5) is 21.9. The molecule has 0 bridgehead atoms. The van der Waals surface area contributed by atoms with Gasteiger partial charge in [0.2, 0.25) is 5.91 Å². The average molecular weight is 356 g/mol. The molecule has 0 unspecified atom stereocenters. The van der Waals surface area contributed by atoms with E-state index >= 15 is 0 Å². The number of non-ortho nitro benzene ring substituents is 1. The average Bonchev–Trinajstić information content (AvgIpc) is 2.61. The van der Waals surface area contributed by atoms with Crippen molar-refractivity contribution < 1.29 is 9.72 Å². The molecule has 0 aromatic heterocycles. The van der Waals surface area contributed by atoms with E-state index in [0.717, 1.165) is 17.1 Å². The van der Waals surface area contributed by atoms with Gasteiger partial charge in [-0.3, -0.25) is 14.9 Å². The van der Waals surface area contributed by atoms with Gasteiger partial charge in [0, 0.05) is 36.3 Å². The maximum Gasteiger partial charge on any atom is 0.269 e. The van der Waals surface area contributed by atoms with Crippen molar-refractivity contribution in [3.63, 3.8) is 0 Å². The summed E-state index contributed by atoms with van der Waals surface area (Å²) < 4.78 is 0. The molecule has 2 rings (SSSR count). The lowest BCUT2D eigenvalue weighted by Crippen LogP contribution is -2.23. The van der Waals surface area contributed by atoms with Gasteiger partial charge in [0.15, 0.2) is 0 Å². The van der Waals surface area contributed by atoms with E-state index in [2.05, 4.69) is 36.5 Å². The second-order valence-corrected chi connectivity index (χ2v) is 6.62. The van der Waals surface area contributed by atoms with Crippen LogP contribution in [0.2, 0.25) is 0 Å². The first-order valence-electron chi connectivity index (χ1n) is 7.88. The number of rotatable bonds is 8. The van der Waals surface area contributed by atoms with Crippen LogP contribution in [-0.2, 0) is 10.5 Å². The molecule has 2 aromatic rings. The van der Waals surface area contributed by atoms with Crippen LogP contribution in [0.5, 0.6) is 0 Å². The fraction of sp³-hybridized carbons (Fsp3) is 0.211. The molecule has 0 heterocycles. The standard InChI is InChI=1S/C19H20N2O3S/c1-15-2-4-17(5-3-15)14-25-13-12-20-19(22)11-8-16-6-9-18(10-7-16)21(23)24/h2-11H,12-14H2,1H3,(H,20,22)/b11-8+. The molecule has 1 amide bonds. The van der Waals surface area contributed by atoms with Crippen molar-refractivity contribution in [2.24, 2.45) is 0 Å². The minimum atomic E-state index is -0.450. The molecule has 0 aliphatic rings. The van der Waals surface area contributed by atoms with Gasteiger partial charge in [-0.05, 0) is 36.3 Å². The summed E-state index contributed by atoms with van der Waals surface area (Å²) in [5, 5.41) is 13.4. The lowest BCUT2D eigenvalue weighted by molar-refractivity contribution is -0.384. The van der Waals surface area contributed by atoms with Crippen molar-refractivity contribution in [3.05, 3.63) is 81.4 Å². The van der Waals surface area contributed by atoms with Crippen LogP contribution in [0.3, 0.4) is 0 Å². The Labute approximate surface area is 151 Å². The van der Waals surface area contributed by atoms with Gasteiger partial charge in [-0.25, -0.2) is 0 Å². The Bertz CT molecular complexity index is 740. The zero-order valence-electron chi connectivity index (χ0n) is 14.0. The van der Waals surface area contributed by atoms with E-state index in [0.29, 0.717) is 6.54 Å². The number of aryl methyl sites for hydroxylation is 1. The minimum Gasteiger partial charge on any atom is -0.352 e. The van der Waals surface area contributed by atoms with Crippen LogP contribution in [0.4, 0.5) is 5.69 Å². The van der Waals surface area contributed by atoms with Gasteiger partial charge >= 0.3 is 0 Å². The highest BCUT2D eigenvalue weighted by atomic mass is 32.2. The van der Waals surface area contributed by atoms with Gasteiger partial charge in [-0.15, -0.1) is 0 Å². The van der Waals surface area contributed by atoms with Crippen molar-refractivity contribution in [1.29, 1.82) is 0 Å². The number of nitrogens with zero attached hydrogens (tertiary/aromatic N) is 1. The summed E-state index contributed by atoms with van der Waals surface area (Å²) >= 11 is 1.77. The third-order valence-corrected chi connectivity index (χ3v) is 4.50. The number of thioether (sulfide) groups is 1. The van der Waals surface area contributed by atoms with E-state index in [1.807, 2.05) is 0 Å². The number of hydrogen-bond donors (Lipinski definition) is 1. The highest BCUT2D eigenvalue weighted by Crippen LogP contribution is 2.13. The van der Waals surface area contributed by atoms with Crippen LogP contribution in [0, 0.1) is 17.0 Å². The molecule has 0 aliphatic heterocycles. The molecule has 0 fully saturated rings. The topological polar surface area (TPSA) is 72.2 Å². The summed E-state index contributed by atoms with van der Waals surface area (Å²) in [6.07, 6.45) is 3.07. The Kier molecular flexibility index (Phi) is 7.22. The van der Waals surface area contributed by atoms with E-state index in [-0.39, 0.29) is 11.6 Å². The van der Waals surface area contributed by atoms with Gasteiger partial charge < -0.3 is 5.32 Å². The molecule has 0 saturated carbocycles. The molecule has 6 heteroatoms. The lowest BCUT2D eigenvalue weighted by Gasteiger charge is -2.04. The Balaban J connectivity index is 1.66. The Morgan fingerprint density at radius 2 is 1.84 bits per heavy atom. The van der Waals surface area contributed by atoms with Gasteiger partial charge in [-0.2, -0.15) is 11.8 Å². The summed E-state index contributed by atoms with van der Waals surface area (Å²) in [5.41, 5.74) is 3.31. The molecule has 130 valence electrons. The second kappa shape index (κ2) is 9.64. The maximum absolute atomic E-state index is 11.7. The first-order valence-corrected chi connectivity index (χ1v) is 9.04. The van der Waals surface area contributed by atoms with E-state index < -0.39 is 4.92 Å². The van der Waals surface area contributed by atoms with E-state index in [9.17, 15) is 14.9 Å². The number of carbonyl (C=O) groups is 1. The maximum atomic E-state index is 11.7. The smallest absolute Gasteiger partial charge is 0.269 e. The third-order valence-electron chi connectivity index (χ3n) is 3.47. The fourth-order valence-corrected chi connectivity index (χ4v) is 2.88. The van der Waals surface area contributed by atoms with Crippen molar-refractivity contribution in [3.8, 4) is 0 Å². The Morgan fingerprint density at radius 1 is 1.16 bits per heavy atom. The minimum absolute atomic E-state index is 0.0344. The number of nitrogens with one attached hydrogen (secondary N) is 1. The monoisotopic (exact) mass is 356 g/mol. The predicted octanol–water partition coefficient (Wildman–Crippen LogP) is 3.97. The SMILES string of the molecule is Cc1ccc(CSCCNC(=O)/C=C/c2ccc([N+](=O)[O-])cc2)cc1. The number of carbonyl (C=O) groups excluding carboxylic acids is 1. The van der Waals surface area contributed by atoms with Crippen LogP contribution < -0.4 is 5.32 Å². The molecule has 25 heavy (non-hydrogen) atoms. The molecule has 0 aliphatic carbocycles. The number of amides is 1. The molecule has 0 saturated heterocycles. The van der Waals surface area contributed by atoms with Crippen LogP contribution in [0.15, 0.2) is 54.6 Å². The molecular weight excluding hydrogens is 336 g/mol. The first kappa shape index (κ1) is 18.7. The second-order valence-electron chi connectivity index (χ2n) is 5.51. The van der Waals surface area contributed by atoms with Crippen LogP contribution >= 0.6 is 11.8 Å². The number of hydrogen-bond acceptors (Lipinski definition) is 4. The number of nitro groups is 1. The number of nitro benzene ring substituents is 1. The normalized spacial score (nSPS) is 10.8. The summed E-state index contributed by atoms with van der Waals surface area (Å²) in [6.45, 7) is 2.66. The quantitative estimate of drug-likeness (QED) is 0.336. The van der Waals surface area contributed by atoms with Gasteiger partial charge in [0.05, 0.1) is 4.92 Å². The van der Waals surface area contributed by atoms with Crippen molar-refractivity contribution in [1.82, 2.24) is 5.32 Å². The lowest BCUT2D eigenvalue weighted by atomic mass is 10.2. The summed E-state index contributed by atoms with van der Waals surface area (Å²) in [5.74, 6) is 1.59. The van der Waals surface area contributed by atoms with Crippen molar-refractivity contribution in [2.75, 3.05) is 12.3 Å². The zero-order valence-corrected chi connectivity index (χ0v) is 14.8. The van der Waals surface area contributed by atoms with Crippen LogP contribution in [0.25, 0.3) is 6.08 Å². The van der Waals surface area contributed by atoms with Crippen LogP contribution in [0.1, 0.15) is 16.7 Å². The molecule has 0 radical (unpaired) electrons. The Hall–Kier alpha value is -2.60. The van der Waals surface area contributed by atoms with Crippen molar-refractivity contribution in [2.45, 2.75) is 12.7 Å². The van der Waals surface area contributed by atoms with Gasteiger partial charge in [-0.1, -0.05) is 29.8 Å². The predicted molar refractivity (Wildman–Crippen MR) is 102 cm³/mol. The zero-order chi connectivity index (χ0) is 18.1. The van der Waals surface area contributed by atoms with E-state index in [1.165, 1.54) is 29.3 Å². The van der Waals surface area contributed by atoms with E-state index in [4.69, 9.17) is 0 Å². The molecule has 2 aromatic carbocycles. The molecule has 0 atom stereocenters. The number of benzene rings is 2. The molecule has 0 spiro atoms. The first-order chi connectivity index (χ1) is 12.0. The Morgan fingerprint density at radius 3 is 2.48 bits per heavy atom. The summed E-state index contributed by atoms with van der Waals surface area (Å²) in [6, 6.07) is 14.5.